The number of benzene rings is 3. The Balaban J connectivity index is 1.60. The third-order valence-electron chi connectivity index (χ3n) is 6.79. The van der Waals surface area contributed by atoms with Gasteiger partial charge in [0.1, 0.15) is 0 Å². The SMILES string of the molecule is Cc1ccc2c(c1)[C@H]1c3ccccc3[C@H]2[C@@H]2C(=O)N(c3ccccc3Cl)C(=O)[C@H]12. The number of amides is 2. The van der Waals surface area contributed by atoms with Crippen LogP contribution in [-0.4, -0.2) is 11.8 Å². The van der Waals surface area contributed by atoms with Crippen molar-refractivity contribution in [1.82, 2.24) is 0 Å². The van der Waals surface area contributed by atoms with Crippen LogP contribution < -0.4 is 4.90 Å². The van der Waals surface area contributed by atoms with Crippen molar-refractivity contribution in [3.63, 3.8) is 0 Å². The van der Waals surface area contributed by atoms with Crippen LogP contribution in [-0.2, 0) is 9.59 Å². The molecule has 0 aromatic heterocycles. The van der Waals surface area contributed by atoms with E-state index in [2.05, 4.69) is 37.3 Å². The lowest BCUT2D eigenvalue weighted by Crippen LogP contribution is -2.41. The van der Waals surface area contributed by atoms with Crippen molar-refractivity contribution >= 4 is 29.1 Å². The summed E-state index contributed by atoms with van der Waals surface area (Å²) in [5.41, 5.74) is 6.39. The minimum atomic E-state index is -0.382. The summed E-state index contributed by atoms with van der Waals surface area (Å²) >= 11 is 6.37. The van der Waals surface area contributed by atoms with Crippen LogP contribution in [0, 0.1) is 18.8 Å². The third kappa shape index (κ3) is 2.09. The highest BCUT2D eigenvalue weighted by Crippen LogP contribution is 2.61. The molecule has 0 N–H and O–H groups in total. The van der Waals surface area contributed by atoms with Crippen LogP contribution in [0.2, 0.25) is 5.02 Å². The minimum Gasteiger partial charge on any atom is -0.274 e. The van der Waals surface area contributed by atoms with Crippen molar-refractivity contribution in [2.45, 2.75) is 18.8 Å². The smallest absolute Gasteiger partial charge is 0.238 e. The van der Waals surface area contributed by atoms with Crippen molar-refractivity contribution in [2.24, 2.45) is 11.8 Å². The number of nitrogens with zero attached hydrogens (tertiary/aromatic N) is 1. The molecule has 4 heteroatoms. The lowest BCUT2D eigenvalue weighted by molar-refractivity contribution is -0.122. The first kappa shape index (κ1) is 17.0. The summed E-state index contributed by atoms with van der Waals surface area (Å²) in [4.78, 5) is 28.6. The van der Waals surface area contributed by atoms with Gasteiger partial charge in [-0.15, -0.1) is 0 Å². The molecule has 1 saturated heterocycles. The van der Waals surface area contributed by atoms with Gasteiger partial charge in [0.05, 0.1) is 22.5 Å². The fourth-order valence-corrected chi connectivity index (χ4v) is 5.94. The molecule has 4 atom stereocenters. The van der Waals surface area contributed by atoms with E-state index in [0.717, 1.165) is 0 Å². The third-order valence-corrected chi connectivity index (χ3v) is 7.11. The topological polar surface area (TPSA) is 37.4 Å². The molecule has 3 nitrogen and oxygen atoms in total. The molecule has 4 aliphatic rings. The molecule has 7 rings (SSSR count). The van der Waals surface area contributed by atoms with E-state index in [1.165, 1.54) is 32.7 Å². The minimum absolute atomic E-state index is 0.0965. The lowest BCUT2D eigenvalue weighted by Gasteiger charge is -2.46. The van der Waals surface area contributed by atoms with Crippen LogP contribution in [0.15, 0.2) is 66.7 Å². The van der Waals surface area contributed by atoms with E-state index in [9.17, 15) is 9.59 Å². The summed E-state index contributed by atoms with van der Waals surface area (Å²) in [5.74, 6) is -1.23. The largest absolute Gasteiger partial charge is 0.274 e. The summed E-state index contributed by atoms with van der Waals surface area (Å²) in [6.07, 6.45) is 0. The highest BCUT2D eigenvalue weighted by Gasteiger charge is 2.61. The Morgan fingerprint density at radius 3 is 1.93 bits per heavy atom. The predicted molar refractivity (Wildman–Crippen MR) is 112 cm³/mol. The van der Waals surface area contributed by atoms with Gasteiger partial charge in [0, 0.05) is 11.8 Å². The van der Waals surface area contributed by atoms with Crippen LogP contribution in [0.1, 0.15) is 39.7 Å². The second kappa shape index (κ2) is 5.80. The van der Waals surface area contributed by atoms with Crippen molar-refractivity contribution in [1.29, 1.82) is 0 Å². The normalized spacial score (nSPS) is 26.3. The van der Waals surface area contributed by atoms with Crippen LogP contribution in [0.25, 0.3) is 0 Å². The van der Waals surface area contributed by atoms with E-state index >= 15 is 0 Å². The standard InChI is InChI=1S/C25H18ClNO2/c1-13-10-11-16-17(12-13)21-15-7-3-2-6-14(15)20(16)22-23(21)25(29)27(24(22)28)19-9-5-4-8-18(19)26/h2-12,20-23H,1H3/t20-,21-,22+,23-/m1/s1. The zero-order chi connectivity index (χ0) is 19.9. The van der Waals surface area contributed by atoms with Crippen molar-refractivity contribution < 1.29 is 9.59 Å². The summed E-state index contributed by atoms with van der Waals surface area (Å²) in [7, 11) is 0. The number of imide groups is 1. The molecule has 0 unspecified atom stereocenters. The number of para-hydroxylation sites is 1. The van der Waals surface area contributed by atoms with Gasteiger partial charge in [-0.2, -0.15) is 0 Å². The summed E-state index contributed by atoms with van der Waals surface area (Å²) in [6.45, 7) is 2.07. The van der Waals surface area contributed by atoms with Crippen LogP contribution >= 0.6 is 11.6 Å². The predicted octanol–water partition coefficient (Wildman–Crippen LogP) is 5.05. The molecule has 3 aromatic rings. The zero-order valence-electron chi connectivity index (χ0n) is 15.8. The fourth-order valence-electron chi connectivity index (χ4n) is 5.72. The molecule has 1 heterocycles. The van der Waals surface area contributed by atoms with Gasteiger partial charge in [0.15, 0.2) is 0 Å². The summed E-state index contributed by atoms with van der Waals surface area (Å²) < 4.78 is 0. The Kier molecular flexibility index (Phi) is 3.40. The van der Waals surface area contributed by atoms with Crippen molar-refractivity contribution in [3.05, 3.63) is 99.6 Å². The zero-order valence-corrected chi connectivity index (χ0v) is 16.6. The molecule has 0 radical (unpaired) electrons. The van der Waals surface area contributed by atoms with E-state index in [1.807, 2.05) is 24.3 Å². The van der Waals surface area contributed by atoms with Gasteiger partial charge >= 0.3 is 0 Å². The maximum absolute atomic E-state index is 13.6. The first-order chi connectivity index (χ1) is 14.1. The molecule has 2 amide bonds. The first-order valence-corrected chi connectivity index (χ1v) is 10.3. The van der Waals surface area contributed by atoms with E-state index < -0.39 is 0 Å². The highest BCUT2D eigenvalue weighted by atomic mass is 35.5. The number of anilines is 1. The number of halogens is 1. The molecule has 0 spiro atoms. The lowest BCUT2D eigenvalue weighted by atomic mass is 9.55. The fraction of sp³-hybridized carbons (Fsp3) is 0.200. The number of carbonyl (C=O) groups excluding carboxylic acids is 2. The van der Waals surface area contributed by atoms with Crippen molar-refractivity contribution in [2.75, 3.05) is 4.90 Å². The summed E-state index contributed by atoms with van der Waals surface area (Å²) in [6, 6.07) is 21.8. The number of carbonyl (C=O) groups is 2. The van der Waals surface area contributed by atoms with E-state index in [-0.39, 0.29) is 35.5 Å². The van der Waals surface area contributed by atoms with Gasteiger partial charge < -0.3 is 0 Å². The Bertz CT molecular complexity index is 1220. The second-order valence-electron chi connectivity index (χ2n) is 8.23. The van der Waals surface area contributed by atoms with E-state index in [0.29, 0.717) is 10.7 Å². The maximum atomic E-state index is 13.6. The van der Waals surface area contributed by atoms with Crippen LogP contribution in [0.3, 0.4) is 0 Å². The molecule has 1 aliphatic heterocycles. The molecule has 3 aromatic carbocycles. The molecule has 1 fully saturated rings. The average Bonchev–Trinajstić information content (AvgIpc) is 2.99. The Morgan fingerprint density at radius 1 is 0.724 bits per heavy atom. The Morgan fingerprint density at radius 2 is 1.28 bits per heavy atom. The van der Waals surface area contributed by atoms with Gasteiger partial charge in [0.2, 0.25) is 11.8 Å². The van der Waals surface area contributed by atoms with Gasteiger partial charge in [-0.3, -0.25) is 9.59 Å². The molecule has 2 bridgehead atoms. The Labute approximate surface area is 173 Å². The molecule has 29 heavy (non-hydrogen) atoms. The highest BCUT2D eigenvalue weighted by molar-refractivity contribution is 6.36. The van der Waals surface area contributed by atoms with E-state index in [1.54, 1.807) is 12.1 Å². The molecule has 3 aliphatic carbocycles. The van der Waals surface area contributed by atoms with E-state index in [4.69, 9.17) is 11.6 Å². The van der Waals surface area contributed by atoms with Crippen molar-refractivity contribution in [3.8, 4) is 0 Å². The van der Waals surface area contributed by atoms with Gasteiger partial charge in [0.25, 0.3) is 0 Å². The number of hydrogen-bond donors (Lipinski definition) is 0. The monoisotopic (exact) mass is 399 g/mol. The quantitative estimate of drug-likeness (QED) is 0.537. The second-order valence-corrected chi connectivity index (χ2v) is 8.64. The number of hydrogen-bond acceptors (Lipinski definition) is 2. The number of rotatable bonds is 1. The van der Waals surface area contributed by atoms with Crippen LogP contribution in [0.5, 0.6) is 0 Å². The number of aryl methyl sites for hydroxylation is 1. The van der Waals surface area contributed by atoms with Gasteiger partial charge in [-0.05, 0) is 41.3 Å². The maximum Gasteiger partial charge on any atom is 0.238 e. The average molecular weight is 400 g/mol. The molecular formula is C25H18ClNO2. The van der Waals surface area contributed by atoms with Crippen LogP contribution in [0.4, 0.5) is 5.69 Å². The molecule has 142 valence electrons. The molecular weight excluding hydrogens is 382 g/mol. The van der Waals surface area contributed by atoms with Gasteiger partial charge in [-0.1, -0.05) is 71.8 Å². The Hall–Kier alpha value is -2.91. The summed E-state index contributed by atoms with van der Waals surface area (Å²) in [5, 5.41) is 0.422. The first-order valence-electron chi connectivity index (χ1n) is 9.89. The molecule has 0 saturated carbocycles. The van der Waals surface area contributed by atoms with Gasteiger partial charge in [-0.25, -0.2) is 4.90 Å².